The Hall–Kier alpha value is -1.22. The first kappa shape index (κ1) is 13.2. The van der Waals surface area contributed by atoms with Gasteiger partial charge in [0.15, 0.2) is 0 Å². The molecule has 1 aromatic rings. The molecule has 3 heteroatoms. The van der Waals surface area contributed by atoms with Gasteiger partial charge in [0.2, 0.25) is 0 Å². The van der Waals surface area contributed by atoms with Crippen molar-refractivity contribution in [1.82, 2.24) is 5.32 Å². The third kappa shape index (κ3) is 3.39. The van der Waals surface area contributed by atoms with Crippen molar-refractivity contribution in [2.75, 3.05) is 24.6 Å². The van der Waals surface area contributed by atoms with Gasteiger partial charge in [-0.15, -0.1) is 0 Å². The van der Waals surface area contributed by atoms with Crippen LogP contribution in [0.3, 0.4) is 0 Å². The SMILES string of the molecule is CCOc1ccc(N2CCC(NC(C)C)C2)cc1. The summed E-state index contributed by atoms with van der Waals surface area (Å²) < 4.78 is 5.47. The molecule has 0 aromatic heterocycles. The van der Waals surface area contributed by atoms with E-state index in [1.807, 2.05) is 6.92 Å². The van der Waals surface area contributed by atoms with Crippen molar-refractivity contribution >= 4 is 5.69 Å². The van der Waals surface area contributed by atoms with E-state index in [4.69, 9.17) is 4.74 Å². The molecule has 0 amide bonds. The fourth-order valence-corrected chi connectivity index (χ4v) is 2.52. The van der Waals surface area contributed by atoms with Crippen molar-refractivity contribution in [1.29, 1.82) is 0 Å². The lowest BCUT2D eigenvalue weighted by atomic mass is 10.2. The van der Waals surface area contributed by atoms with Gasteiger partial charge in [0.05, 0.1) is 6.61 Å². The van der Waals surface area contributed by atoms with E-state index in [0.29, 0.717) is 12.1 Å². The summed E-state index contributed by atoms with van der Waals surface area (Å²) in [6, 6.07) is 9.61. The number of rotatable bonds is 5. The zero-order chi connectivity index (χ0) is 13.0. The maximum Gasteiger partial charge on any atom is 0.119 e. The number of ether oxygens (including phenoxy) is 1. The lowest BCUT2D eigenvalue weighted by molar-refractivity contribution is 0.340. The molecule has 1 aliphatic rings. The van der Waals surface area contributed by atoms with Gasteiger partial charge >= 0.3 is 0 Å². The van der Waals surface area contributed by atoms with Gasteiger partial charge in [-0.25, -0.2) is 0 Å². The van der Waals surface area contributed by atoms with Crippen LogP contribution in [-0.2, 0) is 0 Å². The molecule has 1 heterocycles. The van der Waals surface area contributed by atoms with Crippen molar-refractivity contribution in [3.8, 4) is 5.75 Å². The fraction of sp³-hybridized carbons (Fsp3) is 0.600. The minimum absolute atomic E-state index is 0.565. The maximum atomic E-state index is 5.47. The van der Waals surface area contributed by atoms with E-state index in [1.165, 1.54) is 12.1 Å². The minimum atomic E-state index is 0.565. The highest BCUT2D eigenvalue weighted by atomic mass is 16.5. The summed E-state index contributed by atoms with van der Waals surface area (Å²) in [7, 11) is 0. The molecule has 1 atom stereocenters. The van der Waals surface area contributed by atoms with Crippen LogP contribution in [-0.4, -0.2) is 31.8 Å². The van der Waals surface area contributed by atoms with Crippen LogP contribution >= 0.6 is 0 Å². The van der Waals surface area contributed by atoms with Gasteiger partial charge in [-0.05, 0) is 37.6 Å². The zero-order valence-corrected chi connectivity index (χ0v) is 11.6. The van der Waals surface area contributed by atoms with Crippen molar-refractivity contribution in [2.45, 2.75) is 39.3 Å². The second-order valence-electron chi connectivity index (χ2n) is 5.18. The van der Waals surface area contributed by atoms with Crippen molar-refractivity contribution in [3.05, 3.63) is 24.3 Å². The van der Waals surface area contributed by atoms with Gasteiger partial charge in [-0.3, -0.25) is 0 Å². The molecule has 0 saturated carbocycles. The van der Waals surface area contributed by atoms with E-state index in [0.717, 1.165) is 25.4 Å². The Labute approximate surface area is 110 Å². The molecule has 1 saturated heterocycles. The molecule has 3 nitrogen and oxygen atoms in total. The highest BCUT2D eigenvalue weighted by molar-refractivity contribution is 5.50. The number of anilines is 1. The number of hydrogen-bond donors (Lipinski definition) is 1. The van der Waals surface area contributed by atoms with Crippen molar-refractivity contribution in [3.63, 3.8) is 0 Å². The summed E-state index contributed by atoms with van der Waals surface area (Å²) in [6.07, 6.45) is 1.23. The molecule has 1 N–H and O–H groups in total. The molecule has 18 heavy (non-hydrogen) atoms. The molecule has 1 unspecified atom stereocenters. The average molecular weight is 248 g/mol. The molecule has 100 valence electrons. The van der Waals surface area contributed by atoms with E-state index in [9.17, 15) is 0 Å². The van der Waals surface area contributed by atoms with E-state index >= 15 is 0 Å². The van der Waals surface area contributed by atoms with E-state index in [2.05, 4.69) is 48.3 Å². The number of hydrogen-bond acceptors (Lipinski definition) is 3. The first-order valence-corrected chi connectivity index (χ1v) is 6.93. The fourth-order valence-electron chi connectivity index (χ4n) is 2.52. The molecule has 1 aliphatic heterocycles. The maximum absolute atomic E-state index is 5.47. The zero-order valence-electron chi connectivity index (χ0n) is 11.6. The van der Waals surface area contributed by atoms with Crippen LogP contribution in [0.1, 0.15) is 27.2 Å². The Morgan fingerprint density at radius 2 is 2.06 bits per heavy atom. The van der Waals surface area contributed by atoms with Crippen LogP contribution in [0.25, 0.3) is 0 Å². The third-order valence-electron chi connectivity index (χ3n) is 3.27. The second kappa shape index (κ2) is 6.10. The molecule has 0 spiro atoms. The minimum Gasteiger partial charge on any atom is -0.494 e. The highest BCUT2D eigenvalue weighted by Crippen LogP contribution is 2.23. The van der Waals surface area contributed by atoms with Crippen LogP contribution in [0.5, 0.6) is 5.75 Å². The summed E-state index contributed by atoms with van der Waals surface area (Å²) in [4.78, 5) is 2.44. The molecule has 0 bridgehead atoms. The van der Waals surface area contributed by atoms with Gasteiger partial charge in [0.25, 0.3) is 0 Å². The number of nitrogens with one attached hydrogen (secondary N) is 1. The van der Waals surface area contributed by atoms with E-state index < -0.39 is 0 Å². The molecule has 0 radical (unpaired) electrons. The summed E-state index contributed by atoms with van der Waals surface area (Å²) in [5.41, 5.74) is 1.30. The third-order valence-corrected chi connectivity index (χ3v) is 3.27. The molecular weight excluding hydrogens is 224 g/mol. The van der Waals surface area contributed by atoms with E-state index in [-0.39, 0.29) is 0 Å². The first-order valence-electron chi connectivity index (χ1n) is 6.93. The Bertz CT molecular complexity index is 361. The summed E-state index contributed by atoms with van der Waals surface area (Å²) in [5, 5.41) is 3.61. The van der Waals surface area contributed by atoms with Gasteiger partial charge in [0, 0.05) is 30.9 Å². The monoisotopic (exact) mass is 248 g/mol. The van der Waals surface area contributed by atoms with Crippen LogP contribution in [0.4, 0.5) is 5.69 Å². The molecule has 1 fully saturated rings. The highest BCUT2D eigenvalue weighted by Gasteiger charge is 2.22. The smallest absolute Gasteiger partial charge is 0.119 e. The van der Waals surface area contributed by atoms with Crippen LogP contribution in [0, 0.1) is 0 Å². The van der Waals surface area contributed by atoms with Crippen LogP contribution < -0.4 is 15.0 Å². The van der Waals surface area contributed by atoms with Crippen molar-refractivity contribution in [2.24, 2.45) is 0 Å². The predicted octanol–water partition coefficient (Wildman–Crippen LogP) is 2.66. The summed E-state index contributed by atoms with van der Waals surface area (Å²) >= 11 is 0. The number of nitrogens with zero attached hydrogens (tertiary/aromatic N) is 1. The quantitative estimate of drug-likeness (QED) is 0.867. The Morgan fingerprint density at radius 3 is 2.67 bits per heavy atom. The van der Waals surface area contributed by atoms with Crippen LogP contribution in [0.2, 0.25) is 0 Å². The summed E-state index contributed by atoms with van der Waals surface area (Å²) in [5.74, 6) is 0.956. The molecule has 2 rings (SSSR count). The second-order valence-corrected chi connectivity index (χ2v) is 5.18. The molecule has 1 aromatic carbocycles. The number of benzene rings is 1. The van der Waals surface area contributed by atoms with Gasteiger partial charge < -0.3 is 15.0 Å². The average Bonchev–Trinajstić information content (AvgIpc) is 2.78. The standard InChI is InChI=1S/C15H24N2O/c1-4-18-15-7-5-14(6-8-15)17-10-9-13(11-17)16-12(2)3/h5-8,12-13,16H,4,9-11H2,1-3H3. The topological polar surface area (TPSA) is 24.5 Å². The van der Waals surface area contributed by atoms with E-state index in [1.54, 1.807) is 0 Å². The molecule has 0 aliphatic carbocycles. The van der Waals surface area contributed by atoms with Gasteiger partial charge in [-0.2, -0.15) is 0 Å². The molecular formula is C15H24N2O. The lowest BCUT2D eigenvalue weighted by Gasteiger charge is -2.20. The Morgan fingerprint density at radius 1 is 1.33 bits per heavy atom. The van der Waals surface area contributed by atoms with Crippen LogP contribution in [0.15, 0.2) is 24.3 Å². The Balaban J connectivity index is 1.92. The largest absolute Gasteiger partial charge is 0.494 e. The van der Waals surface area contributed by atoms with Gasteiger partial charge in [-0.1, -0.05) is 13.8 Å². The van der Waals surface area contributed by atoms with Crippen molar-refractivity contribution < 1.29 is 4.74 Å². The summed E-state index contributed by atoms with van der Waals surface area (Å²) in [6.45, 7) is 9.39. The normalized spacial score (nSPS) is 19.6. The predicted molar refractivity (Wildman–Crippen MR) is 76.5 cm³/mol. The Kier molecular flexibility index (Phi) is 4.48. The van der Waals surface area contributed by atoms with Gasteiger partial charge in [0.1, 0.15) is 5.75 Å². The lowest BCUT2D eigenvalue weighted by Crippen LogP contribution is -2.36. The first-order chi connectivity index (χ1) is 8.69.